The summed E-state index contributed by atoms with van der Waals surface area (Å²) in [6.07, 6.45) is 5.42. The molecule has 8 nitrogen and oxygen atoms in total. The number of methoxy groups -OCH3 is 1. The minimum Gasteiger partial charge on any atom is -0.492 e. The number of aryl methyl sites for hydroxylation is 1. The second-order valence-electron chi connectivity index (χ2n) is 9.11. The molecule has 0 saturated heterocycles. The van der Waals surface area contributed by atoms with Gasteiger partial charge in [-0.3, -0.25) is 14.3 Å². The molecule has 2 heterocycles. The normalized spacial score (nSPS) is 12.4. The molecule has 0 bridgehead atoms. The minimum atomic E-state index is -4.48. The highest BCUT2D eigenvalue weighted by molar-refractivity contribution is 7.91. The summed E-state index contributed by atoms with van der Waals surface area (Å²) < 4.78 is 47.8. The van der Waals surface area contributed by atoms with Crippen LogP contribution in [0.4, 0.5) is 4.39 Å². The van der Waals surface area contributed by atoms with Crippen LogP contribution in [0, 0.1) is 5.82 Å². The van der Waals surface area contributed by atoms with Crippen molar-refractivity contribution in [1.29, 1.82) is 0 Å². The highest BCUT2D eigenvalue weighted by atomic mass is 32.2. The lowest BCUT2D eigenvalue weighted by molar-refractivity contribution is 0.165. The molecule has 0 aliphatic rings. The first-order valence-corrected chi connectivity index (χ1v) is 14.1. The van der Waals surface area contributed by atoms with E-state index in [0.717, 1.165) is 24.6 Å². The zero-order chi connectivity index (χ0) is 28.0. The van der Waals surface area contributed by atoms with Crippen LogP contribution in [-0.2, 0) is 21.0 Å². The highest BCUT2D eigenvalue weighted by Crippen LogP contribution is 2.29. The van der Waals surface area contributed by atoms with Crippen LogP contribution in [0.25, 0.3) is 11.1 Å². The Morgan fingerprint density at radius 1 is 1.03 bits per heavy atom. The molecular formula is C29H30FN3O5S. The third-order valence-electron chi connectivity index (χ3n) is 6.43. The minimum absolute atomic E-state index is 0.0903. The highest BCUT2D eigenvalue weighted by Gasteiger charge is 2.32. The Hall–Kier alpha value is -3.89. The van der Waals surface area contributed by atoms with Gasteiger partial charge in [-0.1, -0.05) is 62.2 Å². The van der Waals surface area contributed by atoms with E-state index >= 15 is 0 Å². The predicted molar refractivity (Wildman–Crippen MR) is 145 cm³/mol. The molecule has 10 heteroatoms. The Morgan fingerprint density at radius 2 is 1.74 bits per heavy atom. The van der Waals surface area contributed by atoms with E-state index in [4.69, 9.17) is 4.74 Å². The van der Waals surface area contributed by atoms with Crippen LogP contribution in [0.3, 0.4) is 0 Å². The van der Waals surface area contributed by atoms with E-state index in [1.54, 1.807) is 0 Å². The third-order valence-corrected chi connectivity index (χ3v) is 8.21. The summed E-state index contributed by atoms with van der Waals surface area (Å²) in [5.74, 6) is -1.08. The Balaban J connectivity index is 1.85. The summed E-state index contributed by atoms with van der Waals surface area (Å²) in [6.45, 7) is 2.13. The third kappa shape index (κ3) is 6.07. The van der Waals surface area contributed by atoms with Gasteiger partial charge in [0.25, 0.3) is 5.56 Å². The van der Waals surface area contributed by atoms with Gasteiger partial charge in [-0.25, -0.2) is 12.8 Å². The second-order valence-corrected chi connectivity index (χ2v) is 11.0. The van der Waals surface area contributed by atoms with Crippen molar-refractivity contribution in [3.8, 4) is 17.0 Å². The monoisotopic (exact) mass is 551 g/mol. The quantitative estimate of drug-likeness (QED) is 0.263. The number of hydrogen-bond acceptors (Lipinski definition) is 7. The standard InChI is InChI=1S/C29H30FN3O5S/c1-3-4-6-11-26-32-28(34)27(29(35)33(26)25(19-38-2)21-9-7-5-8-10-21)39(36,37)24-14-12-20(13-15-24)22-16-23(30)18-31-17-22/h5,7-10,12-18,25,34H,3-4,6,11,19H2,1-2H3/t25-/m0/s1. The van der Waals surface area contributed by atoms with Crippen LogP contribution < -0.4 is 5.56 Å². The summed E-state index contributed by atoms with van der Waals surface area (Å²) in [7, 11) is -2.98. The lowest BCUT2D eigenvalue weighted by Gasteiger charge is -2.24. The molecule has 0 fully saturated rings. The topological polar surface area (TPSA) is 111 Å². The van der Waals surface area contributed by atoms with Crippen molar-refractivity contribution in [1.82, 2.24) is 14.5 Å². The fourth-order valence-electron chi connectivity index (χ4n) is 4.48. The number of aromatic nitrogens is 3. The van der Waals surface area contributed by atoms with Gasteiger partial charge in [0.05, 0.1) is 23.7 Å². The smallest absolute Gasteiger partial charge is 0.277 e. The summed E-state index contributed by atoms with van der Waals surface area (Å²) in [4.78, 5) is 21.0. The largest absolute Gasteiger partial charge is 0.492 e. The van der Waals surface area contributed by atoms with Gasteiger partial charge in [-0.15, -0.1) is 0 Å². The Morgan fingerprint density at radius 3 is 2.38 bits per heavy atom. The van der Waals surface area contributed by atoms with Gasteiger partial charge in [0, 0.05) is 25.3 Å². The first-order chi connectivity index (χ1) is 18.8. The molecule has 2 aromatic heterocycles. The fraction of sp³-hybridized carbons (Fsp3) is 0.276. The van der Waals surface area contributed by atoms with Crippen LogP contribution >= 0.6 is 0 Å². The predicted octanol–water partition coefficient (Wildman–Crippen LogP) is 4.95. The Labute approximate surface area is 226 Å². The van der Waals surface area contributed by atoms with Crippen LogP contribution in [0.1, 0.15) is 43.6 Å². The lowest BCUT2D eigenvalue weighted by atomic mass is 10.1. The van der Waals surface area contributed by atoms with Gasteiger partial charge in [0.1, 0.15) is 11.6 Å². The van der Waals surface area contributed by atoms with Crippen LogP contribution in [-0.4, -0.2) is 41.8 Å². The zero-order valence-electron chi connectivity index (χ0n) is 21.7. The van der Waals surface area contributed by atoms with Gasteiger partial charge >= 0.3 is 0 Å². The number of nitrogens with zero attached hydrogens (tertiary/aromatic N) is 3. The average Bonchev–Trinajstić information content (AvgIpc) is 2.93. The van der Waals surface area contributed by atoms with Crippen LogP contribution in [0.5, 0.6) is 5.88 Å². The number of pyridine rings is 1. The number of ether oxygens (including phenoxy) is 1. The molecule has 2 aromatic carbocycles. The van der Waals surface area contributed by atoms with Crippen LogP contribution in [0.2, 0.25) is 0 Å². The Kier molecular flexibility index (Phi) is 8.88. The summed E-state index contributed by atoms with van der Waals surface area (Å²) in [5, 5.41) is 10.8. The maximum Gasteiger partial charge on any atom is 0.277 e. The first-order valence-electron chi connectivity index (χ1n) is 12.6. The van der Waals surface area contributed by atoms with E-state index in [1.807, 2.05) is 37.3 Å². The number of hydrogen-bond donors (Lipinski definition) is 1. The van der Waals surface area contributed by atoms with E-state index in [9.17, 15) is 22.7 Å². The summed E-state index contributed by atoms with van der Waals surface area (Å²) >= 11 is 0. The van der Waals surface area contributed by atoms with Gasteiger partial charge in [0.15, 0.2) is 4.90 Å². The molecular weight excluding hydrogens is 521 g/mol. The molecule has 0 unspecified atom stereocenters. The van der Waals surface area contributed by atoms with Gasteiger partial charge < -0.3 is 9.84 Å². The fourth-order valence-corrected chi connectivity index (χ4v) is 5.83. The van der Waals surface area contributed by atoms with Crippen molar-refractivity contribution < 1.29 is 22.7 Å². The van der Waals surface area contributed by atoms with E-state index in [-0.39, 0.29) is 17.3 Å². The molecule has 0 saturated carbocycles. The maximum absolute atomic E-state index is 14.0. The van der Waals surface area contributed by atoms with Crippen LogP contribution in [0.15, 0.2) is 87.6 Å². The van der Waals surface area contributed by atoms with Crippen molar-refractivity contribution in [2.24, 2.45) is 0 Å². The molecule has 1 N–H and O–H groups in total. The number of benzene rings is 2. The number of rotatable bonds is 11. The first kappa shape index (κ1) is 28.1. The average molecular weight is 552 g/mol. The van der Waals surface area contributed by atoms with Gasteiger partial charge in [-0.2, -0.15) is 4.98 Å². The molecule has 39 heavy (non-hydrogen) atoms. The van der Waals surface area contributed by atoms with E-state index in [2.05, 4.69) is 9.97 Å². The molecule has 0 radical (unpaired) electrons. The Bertz CT molecular complexity index is 1590. The summed E-state index contributed by atoms with van der Waals surface area (Å²) in [5.41, 5.74) is 0.865. The molecule has 204 valence electrons. The van der Waals surface area contributed by atoms with Crippen molar-refractivity contribution in [2.45, 2.75) is 48.4 Å². The van der Waals surface area contributed by atoms with Crippen molar-refractivity contribution in [3.63, 3.8) is 0 Å². The zero-order valence-corrected chi connectivity index (χ0v) is 22.6. The number of aromatic hydroxyl groups is 1. The summed E-state index contributed by atoms with van der Waals surface area (Å²) in [6, 6.07) is 15.3. The number of halogens is 1. The molecule has 4 aromatic rings. The van der Waals surface area contributed by atoms with Crippen molar-refractivity contribution in [2.75, 3.05) is 13.7 Å². The molecule has 4 rings (SSSR count). The number of sulfone groups is 1. The van der Waals surface area contributed by atoms with Crippen molar-refractivity contribution in [3.05, 3.63) is 101 Å². The lowest BCUT2D eigenvalue weighted by Crippen LogP contribution is -2.35. The SMILES string of the molecule is CCCCCc1nc(O)c(S(=O)(=O)c2ccc(-c3cncc(F)c3)cc2)c(=O)n1[C@@H](COC)c1ccccc1. The molecule has 0 amide bonds. The number of unbranched alkanes of at least 4 members (excludes halogenated alkanes) is 2. The van der Waals surface area contributed by atoms with E-state index < -0.39 is 38.0 Å². The van der Waals surface area contributed by atoms with E-state index in [0.29, 0.717) is 24.0 Å². The molecule has 0 aliphatic carbocycles. The van der Waals surface area contributed by atoms with Gasteiger partial charge in [-0.05, 0) is 35.7 Å². The maximum atomic E-state index is 14.0. The molecule has 0 aliphatic heterocycles. The molecule has 0 spiro atoms. The van der Waals surface area contributed by atoms with E-state index in [1.165, 1.54) is 48.2 Å². The van der Waals surface area contributed by atoms with Gasteiger partial charge in [0.2, 0.25) is 15.7 Å². The second kappa shape index (κ2) is 12.3. The van der Waals surface area contributed by atoms with Crippen molar-refractivity contribution >= 4 is 9.84 Å². The molecule has 1 atom stereocenters.